The van der Waals surface area contributed by atoms with Crippen LogP contribution in [-0.2, 0) is 5.41 Å². The summed E-state index contributed by atoms with van der Waals surface area (Å²) in [6.07, 6.45) is 3.83. The lowest BCUT2D eigenvalue weighted by Gasteiger charge is -2.34. The van der Waals surface area contributed by atoms with Gasteiger partial charge in [0.1, 0.15) is 0 Å². The summed E-state index contributed by atoms with van der Waals surface area (Å²) < 4.78 is 2.38. The molecule has 0 radical (unpaired) electrons. The highest BCUT2D eigenvalue weighted by Crippen LogP contribution is 2.47. The Morgan fingerprint density at radius 1 is 1.00 bits per heavy atom. The number of aromatic nitrogens is 2. The molecular formula is C20H16N2S. The summed E-state index contributed by atoms with van der Waals surface area (Å²) >= 11 is 4.66. The molecule has 0 unspecified atom stereocenters. The maximum absolute atomic E-state index is 4.66. The highest BCUT2D eigenvalue weighted by atomic mass is 32.1. The molecule has 0 atom stereocenters. The number of hydrogen-bond acceptors (Lipinski definition) is 2. The van der Waals surface area contributed by atoms with E-state index < -0.39 is 0 Å². The van der Waals surface area contributed by atoms with Crippen molar-refractivity contribution in [3.8, 4) is 5.69 Å². The van der Waals surface area contributed by atoms with Crippen LogP contribution in [0.4, 0.5) is 0 Å². The average Bonchev–Trinajstić information content (AvgIpc) is 2.88. The van der Waals surface area contributed by atoms with E-state index in [9.17, 15) is 0 Å². The Hall–Kier alpha value is -2.26. The van der Waals surface area contributed by atoms with Crippen LogP contribution in [0.5, 0.6) is 0 Å². The zero-order valence-corrected chi connectivity index (χ0v) is 13.9. The molecule has 0 fully saturated rings. The second-order valence-electron chi connectivity index (χ2n) is 6.76. The monoisotopic (exact) mass is 316 g/mol. The van der Waals surface area contributed by atoms with Gasteiger partial charge in [0.15, 0.2) is 0 Å². The van der Waals surface area contributed by atoms with E-state index in [0.717, 1.165) is 4.90 Å². The van der Waals surface area contributed by atoms with E-state index in [1.165, 1.54) is 38.6 Å². The second kappa shape index (κ2) is 4.18. The summed E-state index contributed by atoms with van der Waals surface area (Å²) in [5.41, 5.74) is 6.39. The molecule has 0 saturated carbocycles. The van der Waals surface area contributed by atoms with E-state index in [-0.39, 0.29) is 5.41 Å². The number of para-hydroxylation sites is 1. The molecule has 3 heterocycles. The summed E-state index contributed by atoms with van der Waals surface area (Å²) in [4.78, 5) is 5.35. The van der Waals surface area contributed by atoms with Crippen molar-refractivity contribution in [2.24, 2.45) is 0 Å². The van der Waals surface area contributed by atoms with Gasteiger partial charge < -0.3 is 4.57 Å². The first-order valence-corrected chi connectivity index (χ1v) is 8.25. The molecule has 2 aromatic carbocycles. The number of thiol groups is 1. The summed E-state index contributed by atoms with van der Waals surface area (Å²) in [5, 5.41) is 2.42. The summed E-state index contributed by atoms with van der Waals surface area (Å²) in [6, 6.07) is 15.2. The van der Waals surface area contributed by atoms with Gasteiger partial charge in [-0.2, -0.15) is 0 Å². The van der Waals surface area contributed by atoms with Gasteiger partial charge in [-0.15, -0.1) is 12.6 Å². The topological polar surface area (TPSA) is 17.8 Å². The van der Waals surface area contributed by atoms with Crippen molar-refractivity contribution in [3.05, 3.63) is 66.0 Å². The number of fused-ring (bicyclic) bond motifs is 5. The van der Waals surface area contributed by atoms with Crippen molar-refractivity contribution in [2.45, 2.75) is 24.2 Å². The van der Waals surface area contributed by atoms with E-state index in [1.807, 2.05) is 12.4 Å². The number of hydrogen-bond donors (Lipinski definition) is 1. The molecule has 0 bridgehead atoms. The Kier molecular flexibility index (Phi) is 2.40. The van der Waals surface area contributed by atoms with E-state index in [1.54, 1.807) is 0 Å². The number of benzene rings is 2. The largest absolute Gasteiger partial charge is 0.309 e. The Morgan fingerprint density at radius 3 is 2.70 bits per heavy atom. The molecule has 2 nitrogen and oxygen atoms in total. The second-order valence-corrected chi connectivity index (χ2v) is 7.28. The Balaban J connectivity index is 2.15. The Bertz CT molecular complexity index is 1110. The Labute approximate surface area is 140 Å². The van der Waals surface area contributed by atoms with Crippen LogP contribution in [-0.4, -0.2) is 9.55 Å². The van der Waals surface area contributed by atoms with Gasteiger partial charge in [0.2, 0.25) is 0 Å². The fourth-order valence-electron chi connectivity index (χ4n) is 4.04. The van der Waals surface area contributed by atoms with Crippen LogP contribution in [0.2, 0.25) is 0 Å². The Morgan fingerprint density at radius 2 is 1.83 bits per heavy atom. The van der Waals surface area contributed by atoms with Crippen molar-refractivity contribution in [1.82, 2.24) is 9.55 Å². The number of nitrogens with zero attached hydrogens (tertiary/aromatic N) is 2. The van der Waals surface area contributed by atoms with E-state index in [2.05, 4.69) is 78.5 Å². The van der Waals surface area contributed by atoms with Crippen molar-refractivity contribution >= 4 is 34.4 Å². The quantitative estimate of drug-likeness (QED) is 0.446. The molecule has 0 N–H and O–H groups in total. The van der Waals surface area contributed by atoms with Gasteiger partial charge in [0.25, 0.3) is 0 Å². The van der Waals surface area contributed by atoms with Crippen LogP contribution >= 0.6 is 12.6 Å². The summed E-state index contributed by atoms with van der Waals surface area (Å²) in [7, 11) is 0. The minimum absolute atomic E-state index is 0.0502. The molecule has 0 saturated heterocycles. The standard InChI is InChI=1S/C20H16N2S/c1-20(2)15-5-3-4-6-18(15)22-17-7-8-21-11-14(17)13-9-12(23)10-16(20)19(13)22/h3-11,23H,1-2H3. The van der Waals surface area contributed by atoms with Gasteiger partial charge in [-0.05, 0) is 35.4 Å². The maximum atomic E-state index is 4.66. The molecule has 5 rings (SSSR count). The molecule has 0 spiro atoms. The number of pyridine rings is 1. The van der Waals surface area contributed by atoms with Gasteiger partial charge >= 0.3 is 0 Å². The van der Waals surface area contributed by atoms with Crippen LogP contribution < -0.4 is 0 Å². The van der Waals surface area contributed by atoms with Crippen molar-refractivity contribution in [3.63, 3.8) is 0 Å². The van der Waals surface area contributed by atoms with Crippen LogP contribution in [0.3, 0.4) is 0 Å². The van der Waals surface area contributed by atoms with Gasteiger partial charge in [-0.1, -0.05) is 32.0 Å². The zero-order chi connectivity index (χ0) is 15.8. The molecule has 1 aliphatic heterocycles. The van der Waals surface area contributed by atoms with E-state index in [0.29, 0.717) is 0 Å². The molecule has 4 aromatic rings. The molecule has 3 heteroatoms. The van der Waals surface area contributed by atoms with Crippen LogP contribution in [0.15, 0.2) is 59.8 Å². The lowest BCUT2D eigenvalue weighted by atomic mass is 9.75. The van der Waals surface area contributed by atoms with Gasteiger partial charge in [0, 0.05) is 33.5 Å². The third-order valence-corrected chi connectivity index (χ3v) is 5.40. The number of rotatable bonds is 0. The van der Waals surface area contributed by atoms with E-state index in [4.69, 9.17) is 0 Å². The van der Waals surface area contributed by atoms with Crippen LogP contribution in [0.1, 0.15) is 25.0 Å². The van der Waals surface area contributed by atoms with Gasteiger partial charge in [-0.25, -0.2) is 0 Å². The highest BCUT2D eigenvalue weighted by Gasteiger charge is 2.35. The molecule has 112 valence electrons. The minimum Gasteiger partial charge on any atom is -0.309 e. The molecule has 0 amide bonds. The van der Waals surface area contributed by atoms with Crippen molar-refractivity contribution in [2.75, 3.05) is 0 Å². The molecule has 2 aromatic heterocycles. The predicted octanol–water partition coefficient (Wildman–Crippen LogP) is 5.11. The zero-order valence-electron chi connectivity index (χ0n) is 13.0. The van der Waals surface area contributed by atoms with Crippen LogP contribution in [0, 0.1) is 0 Å². The third kappa shape index (κ3) is 1.53. The molecule has 1 aliphatic rings. The van der Waals surface area contributed by atoms with Gasteiger partial charge in [-0.3, -0.25) is 4.98 Å². The normalized spacial score (nSPS) is 15.1. The minimum atomic E-state index is -0.0502. The maximum Gasteiger partial charge on any atom is 0.0583 e. The first kappa shape index (κ1) is 13.2. The fourth-order valence-corrected chi connectivity index (χ4v) is 4.30. The highest BCUT2D eigenvalue weighted by molar-refractivity contribution is 7.80. The average molecular weight is 316 g/mol. The molecule has 0 aliphatic carbocycles. The molecule has 23 heavy (non-hydrogen) atoms. The first-order valence-electron chi connectivity index (χ1n) is 7.80. The molecular weight excluding hydrogens is 300 g/mol. The van der Waals surface area contributed by atoms with Crippen molar-refractivity contribution in [1.29, 1.82) is 0 Å². The van der Waals surface area contributed by atoms with Crippen LogP contribution in [0.25, 0.3) is 27.5 Å². The third-order valence-electron chi connectivity index (χ3n) is 5.14. The lowest BCUT2D eigenvalue weighted by molar-refractivity contribution is 0.628. The summed E-state index contributed by atoms with van der Waals surface area (Å²) in [6.45, 7) is 4.60. The van der Waals surface area contributed by atoms with Crippen molar-refractivity contribution < 1.29 is 0 Å². The van der Waals surface area contributed by atoms with Gasteiger partial charge in [0.05, 0.1) is 16.7 Å². The SMILES string of the molecule is CC1(C)c2ccccc2-n2c3ccncc3c3cc(S)cc1c32. The fraction of sp³-hybridized carbons (Fsp3) is 0.150. The van der Waals surface area contributed by atoms with E-state index >= 15 is 0 Å². The summed E-state index contributed by atoms with van der Waals surface area (Å²) in [5.74, 6) is 0. The predicted molar refractivity (Wildman–Crippen MR) is 98.0 cm³/mol. The first-order chi connectivity index (χ1) is 11.1. The smallest absolute Gasteiger partial charge is 0.0583 e. The lowest BCUT2D eigenvalue weighted by Crippen LogP contribution is -2.26.